The summed E-state index contributed by atoms with van der Waals surface area (Å²) in [7, 11) is 0. The Hall–Kier alpha value is -0.940. The minimum absolute atomic E-state index is 0.0523. The molecule has 0 aliphatic heterocycles. The molecule has 94 valence electrons. The minimum atomic E-state index is -2.82. The Kier molecular flexibility index (Phi) is 5.08. The average molecular weight is 284 g/mol. The summed E-state index contributed by atoms with van der Waals surface area (Å²) in [6, 6.07) is 1.20. The molecule has 1 rings (SSSR count). The van der Waals surface area contributed by atoms with Gasteiger partial charge in [-0.2, -0.15) is 0 Å². The van der Waals surface area contributed by atoms with Gasteiger partial charge >= 0.3 is 5.97 Å². The van der Waals surface area contributed by atoms with Crippen LogP contribution in [0.3, 0.4) is 0 Å². The summed E-state index contributed by atoms with van der Waals surface area (Å²) in [5.41, 5.74) is -0.773. The van der Waals surface area contributed by atoms with Gasteiger partial charge in [-0.3, -0.25) is 0 Å². The van der Waals surface area contributed by atoms with Crippen molar-refractivity contribution in [1.82, 2.24) is 4.98 Å². The quantitative estimate of drug-likeness (QED) is 0.626. The Bertz CT molecular complexity index is 427. The van der Waals surface area contributed by atoms with Crippen LogP contribution in [0.4, 0.5) is 8.78 Å². The summed E-state index contributed by atoms with van der Waals surface area (Å²) in [5.74, 6) is -0.990. The molecule has 1 heterocycles. The van der Waals surface area contributed by atoms with Crippen molar-refractivity contribution in [3.63, 3.8) is 0 Å². The van der Waals surface area contributed by atoms with Gasteiger partial charge < -0.3 is 4.74 Å². The summed E-state index contributed by atoms with van der Waals surface area (Å²) >= 11 is 11.2. The molecule has 17 heavy (non-hydrogen) atoms. The molecule has 0 N–H and O–H groups in total. The summed E-state index contributed by atoms with van der Waals surface area (Å²) in [4.78, 5) is 14.9. The third-order valence-corrected chi connectivity index (χ3v) is 2.48. The summed E-state index contributed by atoms with van der Waals surface area (Å²) in [6.45, 7) is 1.70. The van der Waals surface area contributed by atoms with Crippen molar-refractivity contribution >= 4 is 29.2 Å². The lowest BCUT2D eigenvalue weighted by molar-refractivity contribution is 0.0518. The topological polar surface area (TPSA) is 39.2 Å². The lowest BCUT2D eigenvalue weighted by Gasteiger charge is -2.09. The number of nitrogens with zero attached hydrogens (tertiary/aromatic N) is 1. The fourth-order valence-electron chi connectivity index (χ4n) is 1.18. The molecule has 0 bridgehead atoms. The van der Waals surface area contributed by atoms with Crippen LogP contribution in [0.1, 0.15) is 35.1 Å². The Labute approximate surface area is 107 Å². The Morgan fingerprint density at radius 3 is 2.71 bits per heavy atom. The van der Waals surface area contributed by atoms with E-state index in [0.29, 0.717) is 0 Å². The van der Waals surface area contributed by atoms with Crippen molar-refractivity contribution in [3.05, 3.63) is 28.0 Å². The number of esters is 1. The zero-order valence-electron chi connectivity index (χ0n) is 8.84. The predicted octanol–water partition coefficient (Wildman–Crippen LogP) is 3.59. The van der Waals surface area contributed by atoms with Crippen LogP contribution in [0.25, 0.3) is 0 Å². The first kappa shape index (κ1) is 14.1. The summed E-state index contributed by atoms with van der Waals surface area (Å²) in [6.07, 6.45) is -2.82. The Morgan fingerprint density at radius 2 is 2.24 bits per heavy atom. The fourth-order valence-corrected chi connectivity index (χ4v) is 1.64. The highest BCUT2D eigenvalue weighted by molar-refractivity contribution is 6.33. The van der Waals surface area contributed by atoms with Crippen LogP contribution in [0.5, 0.6) is 0 Å². The van der Waals surface area contributed by atoms with Gasteiger partial charge in [0.2, 0.25) is 0 Å². The van der Waals surface area contributed by atoms with E-state index in [-0.39, 0.29) is 28.8 Å². The summed E-state index contributed by atoms with van der Waals surface area (Å²) < 4.78 is 30.0. The van der Waals surface area contributed by atoms with E-state index in [4.69, 9.17) is 23.2 Å². The van der Waals surface area contributed by atoms with Gasteiger partial charge in [0.1, 0.15) is 5.69 Å². The van der Waals surface area contributed by atoms with Crippen LogP contribution in [0.15, 0.2) is 6.07 Å². The number of hydrogen-bond acceptors (Lipinski definition) is 3. The van der Waals surface area contributed by atoms with E-state index in [0.717, 1.165) is 0 Å². The van der Waals surface area contributed by atoms with Crippen molar-refractivity contribution < 1.29 is 18.3 Å². The maximum Gasteiger partial charge on any atom is 0.358 e. The second-order valence-electron chi connectivity index (χ2n) is 3.02. The van der Waals surface area contributed by atoms with Gasteiger partial charge in [-0.25, -0.2) is 18.6 Å². The van der Waals surface area contributed by atoms with E-state index in [9.17, 15) is 13.6 Å². The number of hydrogen-bond donors (Lipinski definition) is 0. The number of alkyl halides is 3. The second kappa shape index (κ2) is 6.12. The first-order valence-corrected chi connectivity index (χ1v) is 5.63. The number of aromatic nitrogens is 1. The highest BCUT2D eigenvalue weighted by Gasteiger charge is 2.21. The number of carbonyl (C=O) groups excluding carboxylic acids is 1. The van der Waals surface area contributed by atoms with Gasteiger partial charge in [0.25, 0.3) is 6.43 Å². The van der Waals surface area contributed by atoms with Crippen LogP contribution < -0.4 is 0 Å². The maximum atomic E-state index is 12.7. The van der Waals surface area contributed by atoms with Crippen molar-refractivity contribution in [1.29, 1.82) is 0 Å². The van der Waals surface area contributed by atoms with E-state index in [1.807, 2.05) is 0 Å². The largest absolute Gasteiger partial charge is 0.461 e. The van der Waals surface area contributed by atoms with Gasteiger partial charge in [-0.15, -0.1) is 11.6 Å². The van der Waals surface area contributed by atoms with Gasteiger partial charge in [-0.1, -0.05) is 11.6 Å². The molecule has 0 aromatic carbocycles. The van der Waals surface area contributed by atoms with Gasteiger partial charge in [-0.05, 0) is 18.6 Å². The standard InChI is InChI=1S/C10H9Cl2F2NO2/c1-2-17-10(16)8-6(12)3-5(4-11)7(15-8)9(13)14/h3,9H,2,4H2,1H3. The SMILES string of the molecule is CCOC(=O)c1nc(C(F)F)c(CCl)cc1Cl. The Balaban J connectivity index is 3.24. The highest BCUT2D eigenvalue weighted by atomic mass is 35.5. The van der Waals surface area contributed by atoms with Crippen LogP contribution in [0.2, 0.25) is 5.02 Å². The molecule has 0 unspecified atom stereocenters. The van der Waals surface area contributed by atoms with Gasteiger partial charge in [0, 0.05) is 5.88 Å². The molecule has 1 aromatic heterocycles. The first-order chi connectivity index (χ1) is 8.01. The second-order valence-corrected chi connectivity index (χ2v) is 3.69. The highest BCUT2D eigenvalue weighted by Crippen LogP contribution is 2.27. The molecule has 7 heteroatoms. The molecule has 0 aliphatic carbocycles. The number of ether oxygens (including phenoxy) is 1. The van der Waals surface area contributed by atoms with Crippen molar-refractivity contribution in [2.45, 2.75) is 19.2 Å². The minimum Gasteiger partial charge on any atom is -0.461 e. The fraction of sp³-hybridized carbons (Fsp3) is 0.400. The summed E-state index contributed by atoms with van der Waals surface area (Å²) in [5, 5.41) is -0.0523. The van der Waals surface area contributed by atoms with E-state index in [2.05, 4.69) is 9.72 Å². The third-order valence-electron chi connectivity index (χ3n) is 1.91. The van der Waals surface area contributed by atoms with Crippen LogP contribution in [0, 0.1) is 0 Å². The normalized spacial score (nSPS) is 10.7. The number of halogens is 4. The van der Waals surface area contributed by atoms with E-state index < -0.39 is 18.1 Å². The van der Waals surface area contributed by atoms with Crippen LogP contribution >= 0.6 is 23.2 Å². The van der Waals surface area contributed by atoms with Crippen LogP contribution in [-0.2, 0) is 10.6 Å². The molecule has 0 amide bonds. The molecule has 0 saturated heterocycles. The molecule has 0 atom stereocenters. The monoisotopic (exact) mass is 283 g/mol. The van der Waals surface area contributed by atoms with Crippen molar-refractivity contribution in [2.24, 2.45) is 0 Å². The molecule has 0 radical (unpaired) electrons. The zero-order chi connectivity index (χ0) is 13.0. The number of carbonyl (C=O) groups is 1. The maximum absolute atomic E-state index is 12.7. The number of rotatable bonds is 4. The number of pyridine rings is 1. The average Bonchev–Trinajstić information content (AvgIpc) is 2.28. The van der Waals surface area contributed by atoms with E-state index in [1.165, 1.54) is 6.07 Å². The molecule has 0 spiro atoms. The molecular formula is C10H9Cl2F2NO2. The lowest BCUT2D eigenvalue weighted by atomic mass is 10.2. The van der Waals surface area contributed by atoms with E-state index in [1.54, 1.807) is 6.92 Å². The van der Waals surface area contributed by atoms with Gasteiger partial charge in [0.15, 0.2) is 5.69 Å². The molecule has 0 aliphatic rings. The predicted molar refractivity (Wildman–Crippen MR) is 59.7 cm³/mol. The van der Waals surface area contributed by atoms with Gasteiger partial charge in [0.05, 0.1) is 11.6 Å². The third kappa shape index (κ3) is 3.26. The Morgan fingerprint density at radius 1 is 1.59 bits per heavy atom. The molecule has 0 fully saturated rings. The van der Waals surface area contributed by atoms with E-state index >= 15 is 0 Å². The zero-order valence-corrected chi connectivity index (χ0v) is 10.4. The van der Waals surface area contributed by atoms with Crippen molar-refractivity contribution in [2.75, 3.05) is 6.61 Å². The smallest absolute Gasteiger partial charge is 0.358 e. The molecule has 3 nitrogen and oxygen atoms in total. The molecule has 1 aromatic rings. The van der Waals surface area contributed by atoms with Crippen LogP contribution in [-0.4, -0.2) is 17.6 Å². The van der Waals surface area contributed by atoms with Crippen molar-refractivity contribution in [3.8, 4) is 0 Å². The molecular weight excluding hydrogens is 275 g/mol. The first-order valence-electron chi connectivity index (χ1n) is 4.71. The lowest BCUT2D eigenvalue weighted by Crippen LogP contribution is -2.11. The molecule has 0 saturated carbocycles.